The number of benzene rings is 1. The third-order valence-corrected chi connectivity index (χ3v) is 6.24. The van der Waals surface area contributed by atoms with Gasteiger partial charge >= 0.3 is 0 Å². The molecular weight excluding hydrogens is 288 g/mol. The molecule has 4 nitrogen and oxygen atoms in total. The summed E-state index contributed by atoms with van der Waals surface area (Å²) in [5.41, 5.74) is 1.36. The minimum Gasteiger partial charge on any atom is -0.396 e. The molecule has 3 saturated heterocycles. The van der Waals surface area contributed by atoms with Gasteiger partial charge in [0.2, 0.25) is 5.91 Å². The maximum Gasteiger partial charge on any atom is 0.236 e. The average molecular weight is 312 g/mol. The lowest BCUT2D eigenvalue weighted by Gasteiger charge is -2.54. The van der Waals surface area contributed by atoms with Crippen LogP contribution < -0.4 is 5.32 Å². The van der Waals surface area contributed by atoms with Crippen molar-refractivity contribution in [3.63, 3.8) is 0 Å². The summed E-state index contributed by atoms with van der Waals surface area (Å²) in [6.07, 6.45) is 4.76. The summed E-state index contributed by atoms with van der Waals surface area (Å²) in [6, 6.07) is 8.14. The predicted molar refractivity (Wildman–Crippen MR) is 90.2 cm³/mol. The van der Waals surface area contributed by atoms with E-state index in [4.69, 9.17) is 0 Å². The van der Waals surface area contributed by atoms with E-state index in [1.54, 1.807) is 0 Å². The SMILES string of the molecule is C=CC1CN2CCC1CC2[C@@]1(CCO)C(=O)Nc2ccccc21. The quantitative estimate of drug-likeness (QED) is 0.838. The largest absolute Gasteiger partial charge is 0.396 e. The van der Waals surface area contributed by atoms with E-state index < -0.39 is 5.41 Å². The Labute approximate surface area is 137 Å². The summed E-state index contributed by atoms with van der Waals surface area (Å²) in [5, 5.41) is 12.8. The summed E-state index contributed by atoms with van der Waals surface area (Å²) in [6.45, 7) is 6.05. The molecule has 4 heterocycles. The smallest absolute Gasteiger partial charge is 0.236 e. The van der Waals surface area contributed by atoms with Crippen LogP contribution in [0.2, 0.25) is 0 Å². The van der Waals surface area contributed by atoms with Gasteiger partial charge in [-0.1, -0.05) is 24.3 Å². The molecule has 2 bridgehead atoms. The zero-order valence-corrected chi connectivity index (χ0v) is 13.4. The highest BCUT2D eigenvalue weighted by Gasteiger charge is 2.56. The number of aliphatic hydroxyl groups excluding tert-OH is 1. The number of hydrogen-bond acceptors (Lipinski definition) is 3. The molecule has 3 fully saturated rings. The number of rotatable bonds is 4. The van der Waals surface area contributed by atoms with Crippen molar-refractivity contribution in [3.8, 4) is 0 Å². The number of nitrogens with zero attached hydrogens (tertiary/aromatic N) is 1. The minimum absolute atomic E-state index is 0.0294. The Kier molecular flexibility index (Phi) is 3.54. The second kappa shape index (κ2) is 5.46. The van der Waals surface area contributed by atoms with Crippen LogP contribution in [0.25, 0.3) is 0 Å². The summed E-state index contributed by atoms with van der Waals surface area (Å²) >= 11 is 0. The van der Waals surface area contributed by atoms with Crippen molar-refractivity contribution in [2.75, 3.05) is 25.0 Å². The van der Waals surface area contributed by atoms with E-state index in [0.717, 1.165) is 30.8 Å². The van der Waals surface area contributed by atoms with Gasteiger partial charge in [-0.25, -0.2) is 0 Å². The number of carbonyl (C=O) groups excluding carboxylic acids is 1. The molecule has 0 radical (unpaired) electrons. The predicted octanol–water partition coefficient (Wildman–Crippen LogP) is 2.16. The fourth-order valence-electron chi connectivity index (χ4n) is 5.11. The first-order chi connectivity index (χ1) is 11.2. The zero-order valence-electron chi connectivity index (χ0n) is 13.4. The first-order valence-electron chi connectivity index (χ1n) is 8.59. The van der Waals surface area contributed by atoms with Crippen molar-refractivity contribution < 1.29 is 9.90 Å². The Balaban J connectivity index is 1.78. The number of amides is 1. The Morgan fingerprint density at radius 2 is 2.26 bits per heavy atom. The van der Waals surface area contributed by atoms with Crippen LogP contribution in [0.15, 0.2) is 36.9 Å². The Hall–Kier alpha value is -1.65. The number of hydrogen-bond donors (Lipinski definition) is 2. The number of para-hydroxylation sites is 1. The summed E-state index contributed by atoms with van der Waals surface area (Å²) in [7, 11) is 0. The van der Waals surface area contributed by atoms with Gasteiger partial charge in [-0.2, -0.15) is 0 Å². The molecule has 5 atom stereocenters. The lowest BCUT2D eigenvalue weighted by atomic mass is 9.63. The fraction of sp³-hybridized carbons (Fsp3) is 0.526. The topological polar surface area (TPSA) is 52.6 Å². The highest BCUT2D eigenvalue weighted by molar-refractivity contribution is 6.07. The van der Waals surface area contributed by atoms with Crippen molar-refractivity contribution >= 4 is 11.6 Å². The number of aliphatic hydroxyl groups is 1. The average Bonchev–Trinajstić information content (AvgIpc) is 2.88. The molecule has 2 N–H and O–H groups in total. The third-order valence-electron chi connectivity index (χ3n) is 6.24. The standard InChI is InChI=1S/C19H24N2O2/c1-2-13-12-21-9-7-14(13)11-17(21)19(8-10-22)15-5-3-4-6-16(15)20-18(19)23/h2-6,13-14,17,22H,1,7-12H2,(H,20,23)/t13?,14?,17?,19-/m0/s1. The maximum absolute atomic E-state index is 13.0. The maximum atomic E-state index is 13.0. The van der Waals surface area contributed by atoms with Crippen molar-refractivity contribution in [3.05, 3.63) is 42.5 Å². The van der Waals surface area contributed by atoms with Crippen LogP contribution in [0.1, 0.15) is 24.8 Å². The van der Waals surface area contributed by atoms with Gasteiger partial charge in [0.25, 0.3) is 0 Å². The van der Waals surface area contributed by atoms with Gasteiger partial charge in [-0.05, 0) is 49.3 Å². The molecule has 5 rings (SSSR count). The lowest BCUT2D eigenvalue weighted by molar-refractivity contribution is -0.127. The Bertz CT molecular complexity index is 644. The Morgan fingerprint density at radius 1 is 1.43 bits per heavy atom. The van der Waals surface area contributed by atoms with Crippen molar-refractivity contribution in [1.29, 1.82) is 0 Å². The first-order valence-corrected chi connectivity index (χ1v) is 8.59. The summed E-state index contributed by atoms with van der Waals surface area (Å²) in [4.78, 5) is 15.5. The van der Waals surface area contributed by atoms with E-state index in [1.807, 2.05) is 18.2 Å². The van der Waals surface area contributed by atoms with Crippen LogP contribution in [0.5, 0.6) is 0 Å². The van der Waals surface area contributed by atoms with Crippen LogP contribution in [0.4, 0.5) is 5.69 Å². The molecule has 0 aromatic heterocycles. The van der Waals surface area contributed by atoms with Gasteiger partial charge in [0.15, 0.2) is 0 Å². The van der Waals surface area contributed by atoms with Crippen molar-refractivity contribution in [1.82, 2.24) is 4.90 Å². The second-order valence-electron chi connectivity index (χ2n) is 7.14. The van der Waals surface area contributed by atoms with Gasteiger partial charge in [0.1, 0.15) is 0 Å². The fourth-order valence-corrected chi connectivity index (χ4v) is 5.11. The Morgan fingerprint density at radius 3 is 2.96 bits per heavy atom. The summed E-state index contributed by atoms with van der Waals surface area (Å²) < 4.78 is 0. The van der Waals surface area contributed by atoms with Gasteiger partial charge in [-0.15, -0.1) is 6.58 Å². The van der Waals surface area contributed by atoms with E-state index in [-0.39, 0.29) is 18.6 Å². The number of fused-ring (bicyclic) bond motifs is 4. The van der Waals surface area contributed by atoms with Crippen LogP contribution >= 0.6 is 0 Å². The molecule has 4 aliphatic rings. The molecule has 4 heteroatoms. The molecule has 4 unspecified atom stereocenters. The second-order valence-corrected chi connectivity index (χ2v) is 7.14. The molecule has 1 aromatic carbocycles. The highest BCUT2D eigenvalue weighted by atomic mass is 16.3. The highest BCUT2D eigenvalue weighted by Crippen LogP contribution is 2.50. The molecule has 122 valence electrons. The molecule has 1 amide bonds. The molecule has 4 aliphatic heterocycles. The molecule has 0 saturated carbocycles. The number of anilines is 1. The molecule has 23 heavy (non-hydrogen) atoms. The first kappa shape index (κ1) is 14.9. The minimum atomic E-state index is -0.615. The molecule has 0 aliphatic carbocycles. The van der Waals surface area contributed by atoms with E-state index in [9.17, 15) is 9.90 Å². The monoisotopic (exact) mass is 312 g/mol. The van der Waals surface area contributed by atoms with Crippen LogP contribution in [-0.4, -0.2) is 41.7 Å². The lowest BCUT2D eigenvalue weighted by Crippen LogP contribution is -2.62. The number of nitrogens with one attached hydrogen (secondary N) is 1. The molecule has 0 spiro atoms. The van der Waals surface area contributed by atoms with E-state index in [1.165, 1.54) is 6.42 Å². The van der Waals surface area contributed by atoms with E-state index in [0.29, 0.717) is 18.3 Å². The van der Waals surface area contributed by atoms with E-state index >= 15 is 0 Å². The zero-order chi connectivity index (χ0) is 16.0. The molecular formula is C19H24N2O2. The van der Waals surface area contributed by atoms with Gasteiger partial charge in [-0.3, -0.25) is 9.69 Å². The number of carbonyl (C=O) groups is 1. The van der Waals surface area contributed by atoms with Crippen LogP contribution in [-0.2, 0) is 10.2 Å². The van der Waals surface area contributed by atoms with Crippen molar-refractivity contribution in [2.45, 2.75) is 30.7 Å². The van der Waals surface area contributed by atoms with Crippen molar-refractivity contribution in [2.24, 2.45) is 11.8 Å². The number of piperidine rings is 3. The third kappa shape index (κ3) is 2.01. The van der Waals surface area contributed by atoms with Crippen LogP contribution in [0.3, 0.4) is 0 Å². The van der Waals surface area contributed by atoms with Gasteiger partial charge < -0.3 is 10.4 Å². The van der Waals surface area contributed by atoms with Gasteiger partial charge in [0, 0.05) is 24.9 Å². The normalized spacial score (nSPS) is 38.2. The van der Waals surface area contributed by atoms with Gasteiger partial charge in [0.05, 0.1) is 5.41 Å². The van der Waals surface area contributed by atoms with Crippen LogP contribution in [0, 0.1) is 11.8 Å². The summed E-state index contributed by atoms with van der Waals surface area (Å²) in [5.74, 6) is 1.20. The molecule has 1 aromatic rings. The van der Waals surface area contributed by atoms with E-state index in [2.05, 4.69) is 28.9 Å².